The molecule has 1 aliphatic carbocycles. The molecule has 0 aromatic heterocycles. The quantitative estimate of drug-likeness (QED) is 0.839. The number of allylic oxidation sites excluding steroid dienone is 2. The molecule has 1 heterocycles. The Labute approximate surface area is 113 Å². The largest absolute Gasteiger partial charge is 0.319 e. The predicted molar refractivity (Wildman–Crippen MR) is 77.9 cm³/mol. The first-order valence-electron chi connectivity index (χ1n) is 6.82. The van der Waals surface area contributed by atoms with Crippen molar-refractivity contribution in [1.82, 2.24) is 10.2 Å². The van der Waals surface area contributed by atoms with Crippen LogP contribution in [0.2, 0.25) is 0 Å². The summed E-state index contributed by atoms with van der Waals surface area (Å²) >= 11 is 0. The Balaban J connectivity index is 1.89. The van der Waals surface area contributed by atoms with Gasteiger partial charge in [-0.25, -0.2) is 0 Å². The maximum Gasteiger partial charge on any atom is 0.0558 e. The minimum Gasteiger partial charge on any atom is -0.319 e. The zero-order valence-corrected chi connectivity index (χ0v) is 12.2. The number of piperidine rings is 1. The third-order valence-corrected chi connectivity index (χ3v) is 5.67. The van der Waals surface area contributed by atoms with Crippen LogP contribution in [0.3, 0.4) is 0 Å². The van der Waals surface area contributed by atoms with Crippen LogP contribution in [0, 0.1) is 5.92 Å². The van der Waals surface area contributed by atoms with Gasteiger partial charge in [-0.15, -0.1) is 0 Å². The van der Waals surface area contributed by atoms with E-state index < -0.39 is 10.8 Å². The van der Waals surface area contributed by atoms with E-state index in [1.807, 2.05) is 7.05 Å². The van der Waals surface area contributed by atoms with Gasteiger partial charge in [0.1, 0.15) is 0 Å². The zero-order chi connectivity index (χ0) is 13.0. The number of nitrogens with zero attached hydrogens (tertiary/aromatic N) is 1. The molecule has 0 radical (unpaired) electrons. The third kappa shape index (κ3) is 3.53. The fourth-order valence-electron chi connectivity index (χ4n) is 2.60. The fraction of sp³-hybridized carbons (Fsp3) is 0.714. The average molecular weight is 268 g/mol. The van der Waals surface area contributed by atoms with Crippen LogP contribution in [-0.2, 0) is 10.8 Å². The van der Waals surface area contributed by atoms with Gasteiger partial charge in [-0.2, -0.15) is 0 Å². The van der Waals surface area contributed by atoms with Crippen LogP contribution in [-0.4, -0.2) is 48.1 Å². The van der Waals surface area contributed by atoms with Crippen molar-refractivity contribution >= 4 is 10.8 Å². The number of hydrogen-bond acceptors (Lipinski definition) is 3. The lowest BCUT2D eigenvalue weighted by molar-refractivity contribution is 0.280. The fourth-order valence-corrected chi connectivity index (χ4v) is 4.10. The standard InChI is InChI=1S/C14H24N2OS/c1-15-11-12-3-5-13(6-4-12)18(17)14-7-9-16(2)10-8-14/h3,5-6,12,14-15H,4,7-11H2,1-2H3. The Bertz CT molecular complexity index is 357. The summed E-state index contributed by atoms with van der Waals surface area (Å²) in [4.78, 5) is 3.37. The van der Waals surface area contributed by atoms with Crippen molar-refractivity contribution < 1.29 is 4.21 Å². The van der Waals surface area contributed by atoms with Crippen LogP contribution in [0.25, 0.3) is 0 Å². The molecule has 0 saturated carbocycles. The van der Waals surface area contributed by atoms with Crippen molar-refractivity contribution in [2.24, 2.45) is 5.92 Å². The first kappa shape index (κ1) is 14.0. The molecule has 0 aromatic carbocycles. The normalized spacial score (nSPS) is 28.1. The van der Waals surface area contributed by atoms with E-state index in [1.165, 1.54) is 0 Å². The van der Waals surface area contributed by atoms with E-state index in [2.05, 4.69) is 35.5 Å². The highest BCUT2D eigenvalue weighted by molar-refractivity contribution is 7.89. The van der Waals surface area contributed by atoms with Gasteiger partial charge in [-0.3, -0.25) is 4.21 Å². The van der Waals surface area contributed by atoms with Gasteiger partial charge in [-0.05, 0) is 52.4 Å². The third-order valence-electron chi connectivity index (χ3n) is 3.82. The highest BCUT2D eigenvalue weighted by Gasteiger charge is 2.24. The molecule has 1 N–H and O–H groups in total. The molecule has 2 rings (SSSR count). The highest BCUT2D eigenvalue weighted by Crippen LogP contribution is 2.24. The van der Waals surface area contributed by atoms with Crippen LogP contribution in [0.5, 0.6) is 0 Å². The topological polar surface area (TPSA) is 32.3 Å². The van der Waals surface area contributed by atoms with Crippen molar-refractivity contribution in [1.29, 1.82) is 0 Å². The molecule has 2 unspecified atom stereocenters. The molecule has 2 atom stereocenters. The van der Waals surface area contributed by atoms with Gasteiger partial charge in [0.25, 0.3) is 0 Å². The molecule has 0 amide bonds. The van der Waals surface area contributed by atoms with Crippen LogP contribution in [0.15, 0.2) is 23.1 Å². The van der Waals surface area contributed by atoms with Gasteiger partial charge in [0, 0.05) is 16.7 Å². The van der Waals surface area contributed by atoms with E-state index >= 15 is 0 Å². The maximum atomic E-state index is 12.5. The van der Waals surface area contributed by atoms with E-state index in [0.717, 1.165) is 43.8 Å². The average Bonchev–Trinajstić information content (AvgIpc) is 2.40. The van der Waals surface area contributed by atoms with Crippen molar-refractivity contribution in [2.75, 3.05) is 33.7 Å². The minimum absolute atomic E-state index is 0.359. The SMILES string of the molecule is CNCC1C=CC(S(=O)C2CCN(C)CC2)=CC1. The Morgan fingerprint density at radius 3 is 2.72 bits per heavy atom. The van der Waals surface area contributed by atoms with Gasteiger partial charge < -0.3 is 10.2 Å². The smallest absolute Gasteiger partial charge is 0.0558 e. The summed E-state index contributed by atoms with van der Waals surface area (Å²) in [5.41, 5.74) is 0. The van der Waals surface area contributed by atoms with Gasteiger partial charge in [-0.1, -0.05) is 18.2 Å². The molecule has 1 fully saturated rings. The van der Waals surface area contributed by atoms with Gasteiger partial charge in [0.2, 0.25) is 0 Å². The summed E-state index contributed by atoms with van der Waals surface area (Å²) in [6.45, 7) is 3.16. The number of rotatable bonds is 4. The van der Waals surface area contributed by atoms with E-state index in [-0.39, 0.29) is 0 Å². The number of hydrogen-bond donors (Lipinski definition) is 1. The summed E-state index contributed by atoms with van der Waals surface area (Å²) < 4.78 is 12.5. The van der Waals surface area contributed by atoms with Gasteiger partial charge >= 0.3 is 0 Å². The Hall–Kier alpha value is -0.450. The van der Waals surface area contributed by atoms with Crippen LogP contribution < -0.4 is 5.32 Å². The lowest BCUT2D eigenvalue weighted by Crippen LogP contribution is -2.35. The monoisotopic (exact) mass is 268 g/mol. The molecular weight excluding hydrogens is 244 g/mol. The van der Waals surface area contributed by atoms with Crippen LogP contribution >= 0.6 is 0 Å². The van der Waals surface area contributed by atoms with Crippen LogP contribution in [0.4, 0.5) is 0 Å². The Morgan fingerprint density at radius 1 is 1.44 bits per heavy atom. The van der Waals surface area contributed by atoms with E-state index in [1.54, 1.807) is 0 Å². The minimum atomic E-state index is -0.799. The molecule has 3 nitrogen and oxygen atoms in total. The van der Waals surface area contributed by atoms with Crippen molar-refractivity contribution in [3.05, 3.63) is 23.1 Å². The number of likely N-dealkylation sites (tertiary alicyclic amines) is 1. The molecule has 0 aromatic rings. The molecule has 0 bridgehead atoms. The van der Waals surface area contributed by atoms with E-state index in [0.29, 0.717) is 11.2 Å². The number of nitrogens with one attached hydrogen (secondary N) is 1. The maximum absolute atomic E-state index is 12.5. The van der Waals surface area contributed by atoms with Crippen LogP contribution in [0.1, 0.15) is 19.3 Å². The molecule has 0 spiro atoms. The highest BCUT2D eigenvalue weighted by atomic mass is 32.2. The second-order valence-electron chi connectivity index (χ2n) is 5.32. The molecule has 18 heavy (non-hydrogen) atoms. The summed E-state index contributed by atoms with van der Waals surface area (Å²) in [5.74, 6) is 0.563. The second kappa shape index (κ2) is 6.64. The van der Waals surface area contributed by atoms with E-state index in [4.69, 9.17) is 0 Å². The van der Waals surface area contributed by atoms with Gasteiger partial charge in [0.05, 0.1) is 10.8 Å². The van der Waals surface area contributed by atoms with E-state index in [9.17, 15) is 4.21 Å². The summed E-state index contributed by atoms with van der Waals surface area (Å²) in [6.07, 6.45) is 9.61. The molecule has 1 aliphatic heterocycles. The Morgan fingerprint density at radius 2 is 2.17 bits per heavy atom. The van der Waals surface area contributed by atoms with Crippen molar-refractivity contribution in [2.45, 2.75) is 24.5 Å². The summed E-state index contributed by atoms with van der Waals surface area (Å²) in [7, 11) is 3.32. The lowest BCUT2D eigenvalue weighted by atomic mass is 10.0. The van der Waals surface area contributed by atoms with Crippen molar-refractivity contribution in [3.63, 3.8) is 0 Å². The summed E-state index contributed by atoms with van der Waals surface area (Å²) in [5, 5.41) is 3.55. The predicted octanol–water partition coefficient (Wildman–Crippen LogP) is 1.51. The first-order chi connectivity index (χ1) is 8.70. The molecule has 4 heteroatoms. The summed E-state index contributed by atoms with van der Waals surface area (Å²) in [6, 6.07) is 0. The molecule has 102 valence electrons. The van der Waals surface area contributed by atoms with Gasteiger partial charge in [0.15, 0.2) is 0 Å². The zero-order valence-electron chi connectivity index (χ0n) is 11.4. The first-order valence-corrected chi connectivity index (χ1v) is 8.04. The molecular formula is C14H24N2OS. The molecule has 2 aliphatic rings. The van der Waals surface area contributed by atoms with Crippen molar-refractivity contribution in [3.8, 4) is 0 Å². The lowest BCUT2D eigenvalue weighted by Gasteiger charge is -2.29. The molecule has 1 saturated heterocycles. The Kier molecular flexibility index (Phi) is 5.15. The second-order valence-corrected chi connectivity index (χ2v) is 7.05.